The molecule has 22 heavy (non-hydrogen) atoms. The van der Waals surface area contributed by atoms with Gasteiger partial charge in [0.1, 0.15) is 5.69 Å². The lowest BCUT2D eigenvalue weighted by Crippen LogP contribution is -2.36. The zero-order valence-electron chi connectivity index (χ0n) is 10.3. The zero-order chi connectivity index (χ0) is 17.1. The number of anilines is 1. The van der Waals surface area contributed by atoms with Gasteiger partial charge in [-0.2, -0.15) is 13.2 Å². The van der Waals surface area contributed by atoms with E-state index in [1.807, 2.05) is 5.32 Å². The molecule has 0 saturated heterocycles. The van der Waals surface area contributed by atoms with Gasteiger partial charge in [-0.3, -0.25) is 10.1 Å². The summed E-state index contributed by atoms with van der Waals surface area (Å²) in [4.78, 5) is 30.5. The summed E-state index contributed by atoms with van der Waals surface area (Å²) in [6, 6.07) is 1.37. The summed E-state index contributed by atoms with van der Waals surface area (Å²) in [6.45, 7) is 0. The maximum Gasteiger partial charge on any atom is 0.416 e. The Bertz CT molecular complexity index is 652. The van der Waals surface area contributed by atoms with Crippen LogP contribution in [0.4, 0.5) is 24.5 Å². The Labute approximate surface area is 119 Å². The summed E-state index contributed by atoms with van der Waals surface area (Å²) < 4.78 is 37.4. The molecule has 0 saturated carbocycles. The molecule has 1 aromatic carbocycles. The average Bonchev–Trinajstić information content (AvgIpc) is 2.36. The molecule has 0 spiro atoms. The van der Waals surface area contributed by atoms with Crippen molar-refractivity contribution < 1.29 is 37.9 Å². The van der Waals surface area contributed by atoms with Crippen LogP contribution in [0.5, 0.6) is 0 Å². The van der Waals surface area contributed by atoms with Gasteiger partial charge in [0.15, 0.2) is 0 Å². The summed E-state index contributed by atoms with van der Waals surface area (Å²) >= 11 is 0. The van der Waals surface area contributed by atoms with Crippen molar-refractivity contribution in [2.75, 3.05) is 5.32 Å². The maximum atomic E-state index is 12.5. The first-order chi connectivity index (χ1) is 10.0. The number of nitrogens with zero attached hydrogens (tertiary/aromatic N) is 1. The van der Waals surface area contributed by atoms with Crippen molar-refractivity contribution in [2.45, 2.75) is 6.18 Å². The first kappa shape index (κ1) is 16.9. The van der Waals surface area contributed by atoms with Crippen LogP contribution in [0.15, 0.2) is 30.0 Å². The second kappa shape index (κ2) is 6.11. The molecule has 1 N–H and O–H groups in total. The molecular weight excluding hydrogens is 313 g/mol. The molecule has 0 radical (unpaired) electrons. The predicted octanol–water partition coefficient (Wildman–Crippen LogP) is -0.591. The predicted molar refractivity (Wildman–Crippen MR) is 59.8 cm³/mol. The van der Waals surface area contributed by atoms with E-state index < -0.39 is 45.5 Å². The van der Waals surface area contributed by atoms with Crippen LogP contribution in [0.25, 0.3) is 0 Å². The van der Waals surface area contributed by atoms with Crippen molar-refractivity contribution in [1.82, 2.24) is 0 Å². The molecule has 0 atom stereocenters. The Hall–Kier alpha value is -3.11. The number of hydrogen-bond donors (Lipinski definition) is 1. The topological polar surface area (TPSA) is 135 Å². The summed E-state index contributed by atoms with van der Waals surface area (Å²) in [5, 5.41) is 33.5. The molecule has 1 aromatic rings. The molecule has 0 aromatic heterocycles. The molecule has 118 valence electrons. The summed E-state index contributed by atoms with van der Waals surface area (Å²) in [6.07, 6.45) is -4.51. The normalized spacial score (nSPS) is 10.7. The second-order valence-electron chi connectivity index (χ2n) is 3.76. The molecular formula is C11H5F3N2O6-2. The van der Waals surface area contributed by atoms with Gasteiger partial charge in [0.2, 0.25) is 0 Å². The Morgan fingerprint density at radius 1 is 1.18 bits per heavy atom. The molecule has 0 fully saturated rings. The third-order valence-corrected chi connectivity index (χ3v) is 2.33. The standard InChI is InChI=1S/C11H7F3N2O6/c12-11(13,14)5-1-2-7(8(3-5)16(21)22)15-4-6(9(17)18)10(19)20/h1-4,15H,(H,17,18)(H,19,20)/p-2. The lowest BCUT2D eigenvalue weighted by atomic mass is 10.1. The van der Waals surface area contributed by atoms with Crippen LogP contribution < -0.4 is 15.5 Å². The van der Waals surface area contributed by atoms with Crippen LogP contribution in [0.3, 0.4) is 0 Å². The molecule has 0 aliphatic rings. The number of halogens is 3. The number of nitro benzene ring substituents is 1. The van der Waals surface area contributed by atoms with Crippen molar-refractivity contribution in [1.29, 1.82) is 0 Å². The van der Waals surface area contributed by atoms with E-state index in [0.29, 0.717) is 18.3 Å². The number of hydrogen-bond acceptors (Lipinski definition) is 7. The van der Waals surface area contributed by atoms with Crippen LogP contribution in [-0.4, -0.2) is 16.9 Å². The van der Waals surface area contributed by atoms with Crippen LogP contribution in [0.1, 0.15) is 5.56 Å². The number of carbonyl (C=O) groups is 2. The third-order valence-electron chi connectivity index (χ3n) is 2.33. The Balaban J connectivity index is 3.26. The fourth-order valence-corrected chi connectivity index (χ4v) is 1.33. The fraction of sp³-hybridized carbons (Fsp3) is 0.0909. The van der Waals surface area contributed by atoms with Crippen LogP contribution >= 0.6 is 0 Å². The number of nitrogens with one attached hydrogen (secondary N) is 1. The van der Waals surface area contributed by atoms with E-state index >= 15 is 0 Å². The minimum atomic E-state index is -4.82. The Morgan fingerprint density at radius 2 is 1.73 bits per heavy atom. The number of alkyl halides is 3. The van der Waals surface area contributed by atoms with Crippen molar-refractivity contribution in [3.05, 3.63) is 45.6 Å². The first-order valence-electron chi connectivity index (χ1n) is 5.29. The molecule has 11 heteroatoms. The van der Waals surface area contributed by atoms with Gasteiger partial charge < -0.3 is 25.1 Å². The van der Waals surface area contributed by atoms with Gasteiger partial charge in [-0.15, -0.1) is 0 Å². The van der Waals surface area contributed by atoms with Gasteiger partial charge in [0.05, 0.1) is 22.4 Å². The highest BCUT2D eigenvalue weighted by atomic mass is 19.4. The highest BCUT2D eigenvalue weighted by Gasteiger charge is 2.32. The highest BCUT2D eigenvalue weighted by molar-refractivity contribution is 6.10. The van der Waals surface area contributed by atoms with Crippen molar-refractivity contribution >= 4 is 23.3 Å². The molecule has 0 bridgehead atoms. The van der Waals surface area contributed by atoms with Gasteiger partial charge in [-0.05, 0) is 12.1 Å². The number of carboxylic acids is 2. The van der Waals surface area contributed by atoms with E-state index in [9.17, 15) is 43.1 Å². The summed E-state index contributed by atoms with van der Waals surface area (Å²) in [7, 11) is 0. The van der Waals surface area contributed by atoms with E-state index in [1.165, 1.54) is 0 Å². The summed E-state index contributed by atoms with van der Waals surface area (Å²) in [5.74, 6) is -4.27. The van der Waals surface area contributed by atoms with E-state index in [-0.39, 0.29) is 6.07 Å². The minimum Gasteiger partial charge on any atom is -0.545 e. The van der Waals surface area contributed by atoms with Crippen molar-refractivity contribution in [2.24, 2.45) is 0 Å². The lowest BCUT2D eigenvalue weighted by Gasteiger charge is -2.11. The molecule has 1 rings (SSSR count). The minimum absolute atomic E-state index is 0.216. The smallest absolute Gasteiger partial charge is 0.416 e. The number of nitro groups is 1. The van der Waals surface area contributed by atoms with Crippen LogP contribution in [-0.2, 0) is 15.8 Å². The van der Waals surface area contributed by atoms with Crippen molar-refractivity contribution in [3.8, 4) is 0 Å². The van der Waals surface area contributed by atoms with Gasteiger partial charge in [0.25, 0.3) is 5.69 Å². The highest BCUT2D eigenvalue weighted by Crippen LogP contribution is 2.34. The molecule has 0 aliphatic carbocycles. The summed E-state index contributed by atoms with van der Waals surface area (Å²) in [5.41, 5.74) is -4.23. The SMILES string of the molecule is O=C([O-])C(=CNc1ccc(C(F)(F)F)cc1[N+](=O)[O-])C(=O)[O-]. The van der Waals surface area contributed by atoms with Gasteiger partial charge in [-0.25, -0.2) is 0 Å². The number of carbonyl (C=O) groups excluding carboxylic acids is 2. The molecule has 0 amide bonds. The number of rotatable bonds is 5. The third kappa shape index (κ3) is 3.94. The molecule has 0 aliphatic heterocycles. The monoisotopic (exact) mass is 318 g/mol. The quantitative estimate of drug-likeness (QED) is 0.252. The molecule has 8 nitrogen and oxygen atoms in total. The Kier molecular flexibility index (Phi) is 4.71. The Morgan fingerprint density at radius 3 is 2.14 bits per heavy atom. The number of benzene rings is 1. The largest absolute Gasteiger partial charge is 0.545 e. The van der Waals surface area contributed by atoms with Gasteiger partial charge >= 0.3 is 6.18 Å². The molecule has 0 heterocycles. The second-order valence-corrected chi connectivity index (χ2v) is 3.76. The van der Waals surface area contributed by atoms with E-state index in [4.69, 9.17) is 0 Å². The van der Waals surface area contributed by atoms with Crippen LogP contribution in [0.2, 0.25) is 0 Å². The molecule has 0 unspecified atom stereocenters. The van der Waals surface area contributed by atoms with Crippen molar-refractivity contribution in [3.63, 3.8) is 0 Å². The fourth-order valence-electron chi connectivity index (χ4n) is 1.33. The van der Waals surface area contributed by atoms with E-state index in [0.717, 1.165) is 0 Å². The van der Waals surface area contributed by atoms with E-state index in [2.05, 4.69) is 0 Å². The average molecular weight is 318 g/mol. The lowest BCUT2D eigenvalue weighted by molar-refractivity contribution is -0.384. The van der Waals surface area contributed by atoms with E-state index in [1.54, 1.807) is 0 Å². The number of carboxylic acid groups (broad SMARTS) is 2. The van der Waals surface area contributed by atoms with Gasteiger partial charge in [0, 0.05) is 17.8 Å². The zero-order valence-corrected chi connectivity index (χ0v) is 10.3. The maximum absolute atomic E-state index is 12.5. The van der Waals surface area contributed by atoms with Crippen LogP contribution in [0, 0.1) is 10.1 Å². The van der Waals surface area contributed by atoms with Gasteiger partial charge in [-0.1, -0.05) is 0 Å². The first-order valence-corrected chi connectivity index (χ1v) is 5.29. The number of aliphatic carboxylic acids is 2.